The monoisotopic (exact) mass is 452 g/mol. The van der Waals surface area contributed by atoms with E-state index in [9.17, 15) is 23.1 Å². The lowest BCUT2D eigenvalue weighted by Crippen LogP contribution is -2.50. The predicted octanol–water partition coefficient (Wildman–Crippen LogP) is 4.28. The van der Waals surface area contributed by atoms with Gasteiger partial charge in [-0.15, -0.1) is 0 Å². The van der Waals surface area contributed by atoms with Gasteiger partial charge in [0.15, 0.2) is 5.60 Å². The van der Waals surface area contributed by atoms with Crippen LogP contribution in [0.3, 0.4) is 0 Å². The number of amides is 1. The van der Waals surface area contributed by atoms with Gasteiger partial charge in [-0.2, -0.15) is 13.2 Å². The molecule has 1 aliphatic heterocycles. The number of alkyl halides is 3. The van der Waals surface area contributed by atoms with E-state index in [2.05, 4.69) is 15.9 Å². The average Bonchev–Trinajstić information content (AvgIpc) is 2.52. The summed E-state index contributed by atoms with van der Waals surface area (Å²) in [4.78, 5) is 15.7. The van der Waals surface area contributed by atoms with Crippen molar-refractivity contribution in [2.75, 3.05) is 31.1 Å². The second-order valence-corrected chi connectivity index (χ2v) is 8.54. The summed E-state index contributed by atoms with van der Waals surface area (Å²) in [5, 5.41) is 9.82. The second kappa shape index (κ2) is 7.50. The van der Waals surface area contributed by atoms with Crippen molar-refractivity contribution < 1.29 is 27.8 Å². The topological polar surface area (TPSA) is 53.0 Å². The Kier molecular flexibility index (Phi) is 6.06. The first kappa shape index (κ1) is 21.8. The lowest BCUT2D eigenvalue weighted by atomic mass is 9.95. The van der Waals surface area contributed by atoms with Gasteiger partial charge in [-0.3, -0.25) is 0 Å². The molecule has 9 heteroatoms. The summed E-state index contributed by atoms with van der Waals surface area (Å²) in [7, 11) is 0. The Morgan fingerprint density at radius 1 is 1.11 bits per heavy atom. The minimum absolute atomic E-state index is 0.238. The molecule has 1 N–H and O–H groups in total. The third-order valence-corrected chi connectivity index (χ3v) is 4.97. The third-order valence-electron chi connectivity index (χ3n) is 4.33. The Bertz CT molecular complexity index is 694. The number of carbonyl (C=O) groups excluding carboxylic acids is 1. The van der Waals surface area contributed by atoms with Crippen LogP contribution in [0.2, 0.25) is 0 Å². The van der Waals surface area contributed by atoms with Gasteiger partial charge in [0.1, 0.15) is 5.60 Å². The van der Waals surface area contributed by atoms with Gasteiger partial charge in [0.05, 0.1) is 5.69 Å². The number of hydrogen-bond donors (Lipinski definition) is 1. The van der Waals surface area contributed by atoms with E-state index in [-0.39, 0.29) is 11.7 Å². The molecule has 1 saturated heterocycles. The lowest BCUT2D eigenvalue weighted by Gasteiger charge is -2.37. The fourth-order valence-corrected chi connectivity index (χ4v) is 3.32. The molecule has 1 atom stereocenters. The van der Waals surface area contributed by atoms with E-state index >= 15 is 0 Å². The Balaban J connectivity index is 2.08. The van der Waals surface area contributed by atoms with Gasteiger partial charge in [-0.1, -0.05) is 6.07 Å². The van der Waals surface area contributed by atoms with Gasteiger partial charge in [-0.25, -0.2) is 4.79 Å². The van der Waals surface area contributed by atoms with Crippen LogP contribution in [-0.2, 0) is 10.3 Å². The summed E-state index contributed by atoms with van der Waals surface area (Å²) in [6, 6.07) is 4.10. The zero-order chi connectivity index (χ0) is 20.6. The molecule has 0 bridgehead atoms. The molecular weight excluding hydrogens is 429 g/mol. The maximum absolute atomic E-state index is 13.0. The number of ether oxygens (including phenoxy) is 1. The molecule has 5 nitrogen and oxygen atoms in total. The maximum atomic E-state index is 13.0. The van der Waals surface area contributed by atoms with Crippen molar-refractivity contribution in [1.82, 2.24) is 4.90 Å². The van der Waals surface area contributed by atoms with Crippen LogP contribution in [0.4, 0.5) is 23.7 Å². The standard InChI is InChI=1S/C18H24BrF3N2O3/c1-16(2,3)27-15(25)24-9-7-23(8-10-24)14-6-5-12(11-13(14)19)17(4,26)18(20,21)22/h5-6,11,26H,7-10H2,1-4H3. The number of nitrogens with zero attached hydrogens (tertiary/aromatic N) is 2. The van der Waals surface area contributed by atoms with Crippen molar-refractivity contribution in [2.24, 2.45) is 0 Å². The van der Waals surface area contributed by atoms with E-state index in [1.807, 2.05) is 4.90 Å². The first-order valence-corrected chi connectivity index (χ1v) is 9.34. The zero-order valence-electron chi connectivity index (χ0n) is 15.7. The largest absolute Gasteiger partial charge is 0.444 e. The first-order chi connectivity index (χ1) is 12.2. The van der Waals surface area contributed by atoms with Gasteiger partial charge in [0, 0.05) is 30.7 Å². The number of benzene rings is 1. The Morgan fingerprint density at radius 2 is 1.67 bits per heavy atom. The number of halogens is 4. The first-order valence-electron chi connectivity index (χ1n) is 8.54. The van der Waals surface area contributed by atoms with Crippen LogP contribution >= 0.6 is 15.9 Å². The Morgan fingerprint density at radius 3 is 2.11 bits per heavy atom. The molecular formula is C18H24BrF3N2O3. The van der Waals surface area contributed by atoms with E-state index in [1.165, 1.54) is 12.1 Å². The highest BCUT2D eigenvalue weighted by molar-refractivity contribution is 9.10. The van der Waals surface area contributed by atoms with E-state index in [1.54, 1.807) is 31.7 Å². The summed E-state index contributed by atoms with van der Waals surface area (Å²) in [5.74, 6) is 0. The molecule has 0 spiro atoms. The fraction of sp³-hybridized carbons (Fsp3) is 0.611. The van der Waals surface area contributed by atoms with Crippen LogP contribution in [0.5, 0.6) is 0 Å². The van der Waals surface area contributed by atoms with E-state index < -0.39 is 17.4 Å². The summed E-state index contributed by atoms with van der Waals surface area (Å²) in [6.45, 7) is 8.07. The minimum atomic E-state index is -4.77. The number of anilines is 1. The molecule has 1 heterocycles. The maximum Gasteiger partial charge on any atom is 0.421 e. The normalized spacial score (nSPS) is 18.3. The molecule has 1 aliphatic rings. The van der Waals surface area contributed by atoms with Crippen molar-refractivity contribution >= 4 is 27.7 Å². The molecule has 2 rings (SSSR count). The molecule has 1 aromatic rings. The average molecular weight is 453 g/mol. The molecule has 1 aromatic carbocycles. The number of carbonyl (C=O) groups is 1. The van der Waals surface area contributed by atoms with Crippen molar-refractivity contribution in [1.29, 1.82) is 0 Å². The number of piperazine rings is 1. The Labute approximate surface area is 165 Å². The van der Waals surface area contributed by atoms with Crippen LogP contribution in [0.1, 0.15) is 33.3 Å². The molecule has 1 unspecified atom stereocenters. The smallest absolute Gasteiger partial charge is 0.421 e. The molecule has 27 heavy (non-hydrogen) atoms. The van der Waals surface area contributed by atoms with Crippen LogP contribution < -0.4 is 4.90 Å². The highest BCUT2D eigenvalue weighted by Gasteiger charge is 2.51. The van der Waals surface area contributed by atoms with Crippen LogP contribution in [-0.4, -0.2) is 54.1 Å². The lowest BCUT2D eigenvalue weighted by molar-refractivity contribution is -0.258. The quantitative estimate of drug-likeness (QED) is 0.727. The fourth-order valence-electron chi connectivity index (χ4n) is 2.69. The minimum Gasteiger partial charge on any atom is -0.444 e. The SMILES string of the molecule is CC(C)(C)OC(=O)N1CCN(c2ccc(C(C)(O)C(F)(F)F)cc2Br)CC1. The zero-order valence-corrected chi connectivity index (χ0v) is 17.3. The van der Waals surface area contributed by atoms with Gasteiger partial charge in [0.2, 0.25) is 0 Å². The molecule has 152 valence electrons. The molecule has 1 amide bonds. The number of rotatable bonds is 2. The van der Waals surface area contributed by atoms with Gasteiger partial charge >= 0.3 is 12.3 Å². The predicted molar refractivity (Wildman–Crippen MR) is 99.8 cm³/mol. The highest BCUT2D eigenvalue weighted by atomic mass is 79.9. The molecule has 0 radical (unpaired) electrons. The van der Waals surface area contributed by atoms with Crippen molar-refractivity contribution in [3.8, 4) is 0 Å². The van der Waals surface area contributed by atoms with Gasteiger partial charge in [-0.05, 0) is 61.3 Å². The molecule has 1 fully saturated rings. The van der Waals surface area contributed by atoms with Crippen molar-refractivity contribution in [3.05, 3.63) is 28.2 Å². The molecule has 0 saturated carbocycles. The summed E-state index contributed by atoms with van der Waals surface area (Å²) in [5.41, 5.74) is -3.02. The van der Waals surface area contributed by atoms with Gasteiger partial charge < -0.3 is 19.6 Å². The van der Waals surface area contributed by atoms with Gasteiger partial charge in [0.25, 0.3) is 0 Å². The third kappa shape index (κ3) is 5.07. The summed E-state index contributed by atoms with van der Waals surface area (Å²) in [6.07, 6.45) is -5.15. The molecule has 0 aromatic heterocycles. The second-order valence-electron chi connectivity index (χ2n) is 7.69. The summed E-state index contributed by atoms with van der Waals surface area (Å²) < 4.78 is 44.9. The summed E-state index contributed by atoms with van der Waals surface area (Å²) >= 11 is 3.30. The molecule has 0 aliphatic carbocycles. The van der Waals surface area contributed by atoms with Crippen LogP contribution in [0, 0.1) is 0 Å². The van der Waals surface area contributed by atoms with Crippen molar-refractivity contribution in [2.45, 2.75) is 45.1 Å². The number of aliphatic hydroxyl groups is 1. The van der Waals surface area contributed by atoms with E-state index in [4.69, 9.17) is 4.74 Å². The number of hydrogen-bond acceptors (Lipinski definition) is 4. The van der Waals surface area contributed by atoms with E-state index in [0.717, 1.165) is 6.92 Å². The van der Waals surface area contributed by atoms with Crippen LogP contribution in [0.25, 0.3) is 0 Å². The van der Waals surface area contributed by atoms with Crippen molar-refractivity contribution in [3.63, 3.8) is 0 Å². The van der Waals surface area contributed by atoms with Crippen LogP contribution in [0.15, 0.2) is 22.7 Å². The highest BCUT2D eigenvalue weighted by Crippen LogP contribution is 2.41. The Hall–Kier alpha value is -1.48. The van der Waals surface area contributed by atoms with E-state index in [0.29, 0.717) is 36.3 Å².